The lowest BCUT2D eigenvalue weighted by Crippen LogP contribution is -2.52. The van der Waals surface area contributed by atoms with Crippen LogP contribution in [0, 0.1) is 17.1 Å². The van der Waals surface area contributed by atoms with E-state index in [4.69, 9.17) is 5.26 Å². The summed E-state index contributed by atoms with van der Waals surface area (Å²) in [7, 11) is 0. The number of halogens is 2. The van der Waals surface area contributed by atoms with E-state index in [9.17, 15) is 4.39 Å². The maximum Gasteiger partial charge on any atom is 0.123 e. The Kier molecular flexibility index (Phi) is 8.24. The SMILES string of the molecule is Cl.N#Cc1cccc(CN2CCC(N3CCN(Cc4ccc(F)cc4)CC3)CC2)c1. The van der Waals surface area contributed by atoms with Crippen LogP contribution in [0.3, 0.4) is 0 Å². The molecule has 0 aromatic heterocycles. The highest BCUT2D eigenvalue weighted by Gasteiger charge is 2.27. The summed E-state index contributed by atoms with van der Waals surface area (Å²) in [6, 6.07) is 17.8. The Bertz CT molecular complexity index is 835. The first-order valence-electron chi connectivity index (χ1n) is 10.6. The van der Waals surface area contributed by atoms with E-state index >= 15 is 0 Å². The summed E-state index contributed by atoms with van der Waals surface area (Å²) in [5.74, 6) is -0.164. The lowest BCUT2D eigenvalue weighted by molar-refractivity contribution is 0.0550. The third kappa shape index (κ3) is 6.02. The minimum absolute atomic E-state index is 0. The standard InChI is InChI=1S/C24H29FN4.ClH/c25-23-6-4-20(5-7-23)18-28-12-14-29(15-13-28)24-8-10-27(11-9-24)19-22-3-1-2-21(16-22)17-26;/h1-7,16,24H,8-15,18-19H2;1H. The van der Waals surface area contributed by atoms with Gasteiger partial charge in [0.25, 0.3) is 0 Å². The smallest absolute Gasteiger partial charge is 0.123 e. The van der Waals surface area contributed by atoms with Gasteiger partial charge in [0.15, 0.2) is 0 Å². The monoisotopic (exact) mass is 428 g/mol. The van der Waals surface area contributed by atoms with E-state index in [1.54, 1.807) is 12.1 Å². The number of likely N-dealkylation sites (tertiary alicyclic amines) is 1. The predicted octanol–water partition coefficient (Wildman–Crippen LogP) is 3.90. The minimum atomic E-state index is -0.164. The van der Waals surface area contributed by atoms with Crippen LogP contribution in [0.15, 0.2) is 48.5 Å². The van der Waals surface area contributed by atoms with Gasteiger partial charge in [-0.3, -0.25) is 14.7 Å². The van der Waals surface area contributed by atoms with Crippen molar-refractivity contribution in [2.24, 2.45) is 0 Å². The highest BCUT2D eigenvalue weighted by molar-refractivity contribution is 5.85. The molecular weight excluding hydrogens is 399 g/mol. The average molecular weight is 429 g/mol. The number of hydrogen-bond acceptors (Lipinski definition) is 4. The van der Waals surface area contributed by atoms with Gasteiger partial charge in [-0.2, -0.15) is 5.26 Å². The minimum Gasteiger partial charge on any atom is -0.299 e. The Hall–Kier alpha value is -1.97. The first-order chi connectivity index (χ1) is 14.2. The average Bonchev–Trinajstić information content (AvgIpc) is 2.77. The maximum atomic E-state index is 13.1. The quantitative estimate of drug-likeness (QED) is 0.723. The largest absolute Gasteiger partial charge is 0.299 e. The van der Waals surface area contributed by atoms with Gasteiger partial charge in [-0.15, -0.1) is 12.4 Å². The molecular formula is C24H30ClFN4. The fourth-order valence-electron chi connectivity index (χ4n) is 4.57. The van der Waals surface area contributed by atoms with Crippen molar-refractivity contribution in [3.63, 3.8) is 0 Å². The van der Waals surface area contributed by atoms with Crippen molar-refractivity contribution in [3.05, 3.63) is 71.0 Å². The van der Waals surface area contributed by atoms with Gasteiger partial charge < -0.3 is 0 Å². The van der Waals surface area contributed by atoms with E-state index in [2.05, 4.69) is 26.8 Å². The summed E-state index contributed by atoms with van der Waals surface area (Å²) in [6.07, 6.45) is 2.44. The van der Waals surface area contributed by atoms with Crippen molar-refractivity contribution < 1.29 is 4.39 Å². The van der Waals surface area contributed by atoms with Gasteiger partial charge in [0.05, 0.1) is 11.6 Å². The zero-order chi connectivity index (χ0) is 20.1. The number of nitriles is 1. The summed E-state index contributed by atoms with van der Waals surface area (Å²) < 4.78 is 13.1. The van der Waals surface area contributed by atoms with E-state index in [0.717, 1.165) is 57.9 Å². The van der Waals surface area contributed by atoms with Gasteiger partial charge >= 0.3 is 0 Å². The van der Waals surface area contributed by atoms with Crippen LogP contribution in [-0.4, -0.2) is 60.0 Å². The number of piperidine rings is 1. The molecule has 2 fully saturated rings. The molecule has 2 aliphatic heterocycles. The topological polar surface area (TPSA) is 33.5 Å². The second kappa shape index (κ2) is 10.9. The Morgan fingerprint density at radius 2 is 1.47 bits per heavy atom. The zero-order valence-electron chi connectivity index (χ0n) is 17.3. The number of benzene rings is 2. The zero-order valence-corrected chi connectivity index (χ0v) is 18.2. The van der Waals surface area contributed by atoms with Crippen LogP contribution in [0.25, 0.3) is 0 Å². The van der Waals surface area contributed by atoms with Crippen molar-refractivity contribution in [2.45, 2.75) is 32.0 Å². The molecule has 2 aromatic carbocycles. The first kappa shape index (κ1) is 22.7. The molecule has 2 saturated heterocycles. The molecule has 0 spiro atoms. The fraction of sp³-hybridized carbons (Fsp3) is 0.458. The van der Waals surface area contributed by atoms with Crippen LogP contribution in [0.5, 0.6) is 0 Å². The van der Waals surface area contributed by atoms with Crippen molar-refractivity contribution in [3.8, 4) is 6.07 Å². The van der Waals surface area contributed by atoms with E-state index in [1.807, 2.05) is 30.3 Å². The molecule has 4 rings (SSSR count). The summed E-state index contributed by atoms with van der Waals surface area (Å²) in [5.41, 5.74) is 3.17. The molecule has 160 valence electrons. The van der Waals surface area contributed by atoms with Crippen LogP contribution >= 0.6 is 12.4 Å². The molecule has 6 heteroatoms. The molecule has 2 aliphatic rings. The van der Waals surface area contributed by atoms with Crippen molar-refractivity contribution >= 4 is 12.4 Å². The molecule has 30 heavy (non-hydrogen) atoms. The number of rotatable bonds is 5. The van der Waals surface area contributed by atoms with E-state index in [0.29, 0.717) is 6.04 Å². The summed E-state index contributed by atoms with van der Waals surface area (Å²) in [6.45, 7) is 8.50. The Morgan fingerprint density at radius 1 is 0.833 bits per heavy atom. The Labute approximate surface area is 185 Å². The van der Waals surface area contributed by atoms with E-state index in [1.165, 1.54) is 24.0 Å². The Morgan fingerprint density at radius 3 is 2.13 bits per heavy atom. The van der Waals surface area contributed by atoms with Gasteiger partial charge in [0.2, 0.25) is 0 Å². The molecule has 0 bridgehead atoms. The first-order valence-corrected chi connectivity index (χ1v) is 10.6. The highest BCUT2D eigenvalue weighted by atomic mass is 35.5. The van der Waals surface area contributed by atoms with Crippen LogP contribution in [0.4, 0.5) is 4.39 Å². The van der Waals surface area contributed by atoms with Crippen molar-refractivity contribution in [2.75, 3.05) is 39.3 Å². The maximum absolute atomic E-state index is 13.1. The van der Waals surface area contributed by atoms with Gasteiger partial charge in [0.1, 0.15) is 5.82 Å². The molecule has 4 nitrogen and oxygen atoms in total. The van der Waals surface area contributed by atoms with Gasteiger partial charge in [0, 0.05) is 45.3 Å². The van der Waals surface area contributed by atoms with Gasteiger partial charge in [-0.25, -0.2) is 4.39 Å². The molecule has 0 amide bonds. The highest BCUT2D eigenvalue weighted by Crippen LogP contribution is 2.21. The van der Waals surface area contributed by atoms with Crippen molar-refractivity contribution in [1.29, 1.82) is 5.26 Å². The molecule has 2 heterocycles. The normalized spacial score (nSPS) is 19.2. The van der Waals surface area contributed by atoms with E-state index < -0.39 is 0 Å². The summed E-state index contributed by atoms with van der Waals surface area (Å²) in [4.78, 5) is 7.65. The molecule has 0 unspecified atom stereocenters. The second-order valence-corrected chi connectivity index (χ2v) is 8.26. The molecule has 0 atom stereocenters. The van der Waals surface area contributed by atoms with E-state index in [-0.39, 0.29) is 18.2 Å². The molecule has 2 aromatic rings. The van der Waals surface area contributed by atoms with Crippen molar-refractivity contribution in [1.82, 2.24) is 14.7 Å². The van der Waals surface area contributed by atoms with Gasteiger partial charge in [-0.1, -0.05) is 24.3 Å². The second-order valence-electron chi connectivity index (χ2n) is 8.26. The number of hydrogen-bond donors (Lipinski definition) is 0. The number of piperazine rings is 1. The molecule has 0 aliphatic carbocycles. The number of nitrogens with zero attached hydrogens (tertiary/aromatic N) is 4. The molecule has 0 saturated carbocycles. The predicted molar refractivity (Wildman–Crippen MR) is 120 cm³/mol. The summed E-state index contributed by atoms with van der Waals surface area (Å²) >= 11 is 0. The van der Waals surface area contributed by atoms with Crippen LogP contribution in [0.1, 0.15) is 29.5 Å². The Balaban J connectivity index is 0.00000256. The van der Waals surface area contributed by atoms with Crippen LogP contribution in [0.2, 0.25) is 0 Å². The van der Waals surface area contributed by atoms with Gasteiger partial charge in [-0.05, 0) is 61.3 Å². The lowest BCUT2D eigenvalue weighted by Gasteiger charge is -2.42. The van der Waals surface area contributed by atoms with Crippen LogP contribution < -0.4 is 0 Å². The summed E-state index contributed by atoms with van der Waals surface area (Å²) in [5, 5.41) is 9.07. The fourth-order valence-corrected chi connectivity index (χ4v) is 4.57. The lowest BCUT2D eigenvalue weighted by atomic mass is 10.0. The third-order valence-corrected chi connectivity index (χ3v) is 6.26. The third-order valence-electron chi connectivity index (χ3n) is 6.26. The van der Waals surface area contributed by atoms with Crippen LogP contribution in [-0.2, 0) is 13.1 Å². The molecule has 0 radical (unpaired) electrons. The molecule has 0 N–H and O–H groups in total.